The van der Waals surface area contributed by atoms with Crippen molar-refractivity contribution in [3.05, 3.63) is 111 Å². The molecule has 1 atom stereocenters. The molecule has 36 heavy (non-hydrogen) atoms. The number of nitrogens with zero attached hydrogens (tertiary/aromatic N) is 2. The molecule has 0 saturated heterocycles. The van der Waals surface area contributed by atoms with Crippen LogP contribution < -0.4 is 0 Å². The molecular weight excluding hydrogens is 473 g/mol. The predicted molar refractivity (Wildman–Crippen MR) is 130 cm³/mol. The Bertz CT molecular complexity index is 1210. The van der Waals surface area contributed by atoms with Gasteiger partial charge in [-0.25, -0.2) is 4.79 Å². The second kappa shape index (κ2) is 10.7. The Hall–Kier alpha value is -4.01. The van der Waals surface area contributed by atoms with Crippen molar-refractivity contribution in [3.63, 3.8) is 0 Å². The second-order valence-electron chi connectivity index (χ2n) is 9.03. The van der Waals surface area contributed by atoms with E-state index in [2.05, 4.69) is 4.99 Å². The molecule has 0 aliphatic heterocycles. The monoisotopic (exact) mass is 498 g/mol. The van der Waals surface area contributed by atoms with E-state index >= 15 is 0 Å². The molecular formula is C27H25F3N2O4. The maximum absolute atomic E-state index is 13.5. The minimum atomic E-state index is -4.94. The van der Waals surface area contributed by atoms with Gasteiger partial charge in [0.05, 0.1) is 10.6 Å². The number of carbonyl (C=O) groups is 1. The van der Waals surface area contributed by atoms with Gasteiger partial charge in [0.15, 0.2) is 6.04 Å². The highest BCUT2D eigenvalue weighted by Gasteiger charge is 2.40. The van der Waals surface area contributed by atoms with Crippen molar-refractivity contribution in [2.75, 3.05) is 0 Å². The van der Waals surface area contributed by atoms with Crippen molar-refractivity contribution in [3.8, 4) is 0 Å². The van der Waals surface area contributed by atoms with Crippen LogP contribution in [-0.4, -0.2) is 28.2 Å². The zero-order valence-corrected chi connectivity index (χ0v) is 20.0. The topological polar surface area (TPSA) is 81.8 Å². The molecule has 0 bridgehead atoms. The molecule has 0 aromatic heterocycles. The van der Waals surface area contributed by atoms with E-state index in [-0.39, 0.29) is 5.56 Å². The highest BCUT2D eigenvalue weighted by atomic mass is 19.4. The lowest BCUT2D eigenvalue weighted by Gasteiger charge is -2.23. The van der Waals surface area contributed by atoms with Crippen molar-refractivity contribution in [1.29, 1.82) is 0 Å². The van der Waals surface area contributed by atoms with Crippen LogP contribution in [0.15, 0.2) is 83.9 Å². The van der Waals surface area contributed by atoms with Crippen LogP contribution in [0.5, 0.6) is 0 Å². The lowest BCUT2D eigenvalue weighted by Crippen LogP contribution is -2.33. The summed E-state index contributed by atoms with van der Waals surface area (Å²) in [5, 5.41) is 11.7. The highest BCUT2D eigenvalue weighted by Crippen LogP contribution is 2.38. The Kier molecular flexibility index (Phi) is 7.92. The van der Waals surface area contributed by atoms with Crippen LogP contribution in [0, 0.1) is 10.1 Å². The molecule has 9 heteroatoms. The molecule has 188 valence electrons. The van der Waals surface area contributed by atoms with Gasteiger partial charge in [0.1, 0.15) is 11.2 Å². The lowest BCUT2D eigenvalue weighted by molar-refractivity contribution is -0.388. The quantitative estimate of drug-likeness (QED) is 0.163. The maximum atomic E-state index is 13.5. The Morgan fingerprint density at radius 2 is 1.44 bits per heavy atom. The van der Waals surface area contributed by atoms with Crippen molar-refractivity contribution in [1.82, 2.24) is 0 Å². The number of benzene rings is 3. The molecule has 0 N–H and O–H groups in total. The van der Waals surface area contributed by atoms with Gasteiger partial charge in [-0.1, -0.05) is 72.8 Å². The van der Waals surface area contributed by atoms with Crippen molar-refractivity contribution in [2.24, 2.45) is 4.99 Å². The fourth-order valence-corrected chi connectivity index (χ4v) is 3.62. The van der Waals surface area contributed by atoms with Crippen LogP contribution in [0.3, 0.4) is 0 Å². The van der Waals surface area contributed by atoms with Gasteiger partial charge in [0.25, 0.3) is 5.69 Å². The molecule has 0 amide bonds. The molecule has 0 fully saturated rings. The van der Waals surface area contributed by atoms with Crippen molar-refractivity contribution >= 4 is 17.4 Å². The first-order valence-corrected chi connectivity index (χ1v) is 11.1. The van der Waals surface area contributed by atoms with Gasteiger partial charge in [-0.3, -0.25) is 15.1 Å². The number of carbonyl (C=O) groups excluding carboxylic acids is 1. The molecule has 0 saturated carbocycles. The summed E-state index contributed by atoms with van der Waals surface area (Å²) >= 11 is 0. The number of hydrogen-bond donors (Lipinski definition) is 0. The summed E-state index contributed by atoms with van der Waals surface area (Å²) in [6.07, 6.45) is -5.40. The van der Waals surface area contributed by atoms with Crippen LogP contribution in [0.4, 0.5) is 18.9 Å². The summed E-state index contributed by atoms with van der Waals surface area (Å²) in [6, 6.07) is 19.5. The van der Waals surface area contributed by atoms with E-state index in [9.17, 15) is 28.1 Å². The summed E-state index contributed by atoms with van der Waals surface area (Å²) < 4.78 is 46.1. The van der Waals surface area contributed by atoms with E-state index in [0.29, 0.717) is 22.9 Å². The van der Waals surface area contributed by atoms with Crippen LogP contribution >= 0.6 is 0 Å². The van der Waals surface area contributed by atoms with Crippen LogP contribution in [-0.2, 0) is 22.1 Å². The molecule has 3 aromatic rings. The summed E-state index contributed by atoms with van der Waals surface area (Å²) in [5.74, 6) is -0.807. The zero-order chi connectivity index (χ0) is 26.5. The Morgan fingerprint density at radius 1 is 0.917 bits per heavy atom. The number of aliphatic imine (C=N–C) groups is 1. The molecule has 0 radical (unpaired) electrons. The van der Waals surface area contributed by atoms with E-state index in [0.717, 1.165) is 6.07 Å². The first-order valence-electron chi connectivity index (χ1n) is 11.1. The summed E-state index contributed by atoms with van der Waals surface area (Å²) in [7, 11) is 0. The van der Waals surface area contributed by atoms with Gasteiger partial charge in [-0.15, -0.1) is 0 Å². The Morgan fingerprint density at radius 3 is 1.89 bits per heavy atom. The normalized spacial score (nSPS) is 12.5. The number of esters is 1. The van der Waals surface area contributed by atoms with Gasteiger partial charge in [0, 0.05) is 23.1 Å². The summed E-state index contributed by atoms with van der Waals surface area (Å²) in [5.41, 5.74) is -1.94. The number of ether oxygens (including phenoxy) is 1. The minimum absolute atomic E-state index is 0.269. The van der Waals surface area contributed by atoms with Gasteiger partial charge in [-0.05, 0) is 26.8 Å². The Labute approximate surface area is 206 Å². The van der Waals surface area contributed by atoms with Crippen molar-refractivity contribution in [2.45, 2.75) is 45.0 Å². The summed E-state index contributed by atoms with van der Waals surface area (Å²) in [4.78, 5) is 28.4. The molecule has 3 rings (SSSR count). The fraction of sp³-hybridized carbons (Fsp3) is 0.259. The molecule has 0 unspecified atom stereocenters. The first-order chi connectivity index (χ1) is 16.9. The molecule has 0 spiro atoms. The van der Waals surface area contributed by atoms with E-state index < -0.39 is 46.4 Å². The minimum Gasteiger partial charge on any atom is -0.458 e. The van der Waals surface area contributed by atoms with E-state index in [4.69, 9.17) is 4.74 Å². The third kappa shape index (κ3) is 6.78. The number of hydrogen-bond acceptors (Lipinski definition) is 5. The van der Waals surface area contributed by atoms with E-state index in [1.165, 1.54) is 6.07 Å². The molecule has 0 heterocycles. The maximum Gasteiger partial charge on any atom is 0.423 e. The number of rotatable bonds is 7. The molecule has 0 aliphatic carbocycles. The predicted octanol–water partition coefficient (Wildman–Crippen LogP) is 6.40. The van der Waals surface area contributed by atoms with E-state index in [1.54, 1.807) is 69.3 Å². The standard InChI is InChI=1S/C27H25F3N2O4/c1-26(2,3)36-25(33)22(17-20-15-10-16-21(27(28,29)30)24(20)32(34)35)31-23(18-11-6-4-7-12-18)19-13-8-5-9-14-19/h4-16,22H,17H2,1-3H3/t22-/m0/s1. The van der Waals surface area contributed by atoms with Gasteiger partial charge < -0.3 is 4.74 Å². The van der Waals surface area contributed by atoms with Crippen molar-refractivity contribution < 1.29 is 27.6 Å². The zero-order valence-electron chi connectivity index (χ0n) is 20.0. The first kappa shape index (κ1) is 26.6. The fourth-order valence-electron chi connectivity index (χ4n) is 3.62. The van der Waals surface area contributed by atoms with E-state index in [1.807, 2.05) is 12.1 Å². The lowest BCUT2D eigenvalue weighted by atomic mass is 9.98. The second-order valence-corrected chi connectivity index (χ2v) is 9.03. The number of halogens is 3. The highest BCUT2D eigenvalue weighted by molar-refractivity contribution is 6.13. The largest absolute Gasteiger partial charge is 0.458 e. The van der Waals surface area contributed by atoms with Crippen LogP contribution in [0.2, 0.25) is 0 Å². The SMILES string of the molecule is CC(C)(C)OC(=O)[C@H](Cc1cccc(C(F)(F)F)c1[N+](=O)[O-])N=C(c1ccccc1)c1ccccc1. The van der Waals surface area contributed by atoms with Gasteiger partial charge >= 0.3 is 12.1 Å². The molecule has 3 aromatic carbocycles. The third-order valence-corrected chi connectivity index (χ3v) is 5.08. The smallest absolute Gasteiger partial charge is 0.423 e. The molecule has 0 aliphatic rings. The number of para-hydroxylation sites is 1. The summed E-state index contributed by atoms with van der Waals surface area (Å²) in [6.45, 7) is 4.94. The van der Waals surface area contributed by atoms with Crippen LogP contribution in [0.1, 0.15) is 43.0 Å². The average Bonchev–Trinajstić information content (AvgIpc) is 2.80. The number of nitro groups is 1. The Balaban J connectivity index is 2.19. The van der Waals surface area contributed by atoms with Crippen LogP contribution in [0.25, 0.3) is 0 Å². The number of nitro benzene ring substituents is 1. The van der Waals surface area contributed by atoms with Gasteiger partial charge in [-0.2, -0.15) is 13.2 Å². The third-order valence-electron chi connectivity index (χ3n) is 5.08. The van der Waals surface area contributed by atoms with Gasteiger partial charge in [0.2, 0.25) is 0 Å². The average molecular weight is 499 g/mol. The number of alkyl halides is 3. The molecule has 6 nitrogen and oxygen atoms in total.